The van der Waals surface area contributed by atoms with Gasteiger partial charge in [-0.15, -0.1) is 0 Å². The summed E-state index contributed by atoms with van der Waals surface area (Å²) in [5.74, 6) is -0.332. The minimum atomic E-state index is -3.62. The SMILES string of the molecule is N#Cc1ccc(N2CC(CS(=O)(=O)Cl)CC2=O)nc1. The first kappa shape index (κ1) is 13.8. The van der Waals surface area contributed by atoms with Gasteiger partial charge < -0.3 is 0 Å². The number of aromatic nitrogens is 1. The van der Waals surface area contributed by atoms with E-state index in [0.29, 0.717) is 11.4 Å². The highest BCUT2D eigenvalue weighted by Crippen LogP contribution is 2.25. The molecule has 1 atom stereocenters. The van der Waals surface area contributed by atoms with E-state index in [-0.39, 0.29) is 30.5 Å². The first-order chi connectivity index (χ1) is 8.89. The molecule has 2 heterocycles. The zero-order valence-electron chi connectivity index (χ0n) is 9.78. The molecule has 0 bridgehead atoms. The van der Waals surface area contributed by atoms with Crippen LogP contribution in [0.5, 0.6) is 0 Å². The Morgan fingerprint density at radius 2 is 2.26 bits per heavy atom. The molecule has 1 saturated heterocycles. The summed E-state index contributed by atoms with van der Waals surface area (Å²) in [7, 11) is 1.57. The fourth-order valence-electron chi connectivity index (χ4n) is 2.01. The lowest BCUT2D eigenvalue weighted by molar-refractivity contribution is -0.117. The van der Waals surface area contributed by atoms with Gasteiger partial charge in [-0.05, 0) is 12.1 Å². The molecule has 2 rings (SSSR count). The number of nitrogens with zero attached hydrogens (tertiary/aromatic N) is 3. The lowest BCUT2D eigenvalue weighted by atomic mass is 10.1. The van der Waals surface area contributed by atoms with Gasteiger partial charge in [-0.2, -0.15) is 5.26 Å². The van der Waals surface area contributed by atoms with Crippen LogP contribution in [0.3, 0.4) is 0 Å². The maximum absolute atomic E-state index is 11.8. The normalized spacial score (nSPS) is 19.5. The zero-order chi connectivity index (χ0) is 14.0. The van der Waals surface area contributed by atoms with E-state index in [1.165, 1.54) is 11.1 Å². The van der Waals surface area contributed by atoms with E-state index < -0.39 is 9.05 Å². The van der Waals surface area contributed by atoms with Crippen molar-refractivity contribution in [3.63, 3.8) is 0 Å². The van der Waals surface area contributed by atoms with Gasteiger partial charge in [0.05, 0.1) is 11.3 Å². The predicted molar refractivity (Wildman–Crippen MR) is 69.1 cm³/mol. The Morgan fingerprint density at radius 3 is 2.79 bits per heavy atom. The number of carbonyl (C=O) groups is 1. The molecule has 1 unspecified atom stereocenters. The van der Waals surface area contributed by atoms with Crippen molar-refractivity contribution in [2.24, 2.45) is 5.92 Å². The fraction of sp³-hybridized carbons (Fsp3) is 0.364. The number of pyridine rings is 1. The second kappa shape index (κ2) is 5.15. The summed E-state index contributed by atoms with van der Waals surface area (Å²) in [6.07, 6.45) is 1.50. The summed E-state index contributed by atoms with van der Waals surface area (Å²) >= 11 is 0. The minimum absolute atomic E-state index is 0.133. The third-order valence-corrected chi connectivity index (χ3v) is 4.04. The van der Waals surface area contributed by atoms with Gasteiger partial charge in [0.2, 0.25) is 15.0 Å². The fourth-order valence-corrected chi connectivity index (χ4v) is 3.33. The monoisotopic (exact) mass is 299 g/mol. The van der Waals surface area contributed by atoms with Crippen LogP contribution in [0.2, 0.25) is 0 Å². The average Bonchev–Trinajstić information content (AvgIpc) is 2.68. The summed E-state index contributed by atoms with van der Waals surface area (Å²) in [6, 6.07) is 5.05. The molecule has 0 aliphatic carbocycles. The number of halogens is 1. The quantitative estimate of drug-likeness (QED) is 0.773. The van der Waals surface area contributed by atoms with Crippen molar-refractivity contribution < 1.29 is 13.2 Å². The smallest absolute Gasteiger partial charge is 0.232 e. The van der Waals surface area contributed by atoms with Gasteiger partial charge in [0, 0.05) is 35.8 Å². The molecule has 8 heteroatoms. The van der Waals surface area contributed by atoms with Crippen LogP contribution >= 0.6 is 10.7 Å². The lowest BCUT2D eigenvalue weighted by Crippen LogP contribution is -2.26. The second-order valence-corrected chi connectivity index (χ2v) is 7.12. The van der Waals surface area contributed by atoms with Crippen molar-refractivity contribution in [3.05, 3.63) is 23.9 Å². The third-order valence-electron chi connectivity index (χ3n) is 2.79. The van der Waals surface area contributed by atoms with E-state index in [1.54, 1.807) is 12.1 Å². The Bertz CT molecular complexity index is 636. The molecule has 1 aliphatic rings. The van der Waals surface area contributed by atoms with Crippen LogP contribution in [0.4, 0.5) is 5.82 Å². The summed E-state index contributed by atoms with van der Waals surface area (Å²) in [5.41, 5.74) is 0.398. The highest BCUT2D eigenvalue weighted by atomic mass is 35.7. The van der Waals surface area contributed by atoms with E-state index >= 15 is 0 Å². The Morgan fingerprint density at radius 1 is 1.53 bits per heavy atom. The van der Waals surface area contributed by atoms with Gasteiger partial charge >= 0.3 is 0 Å². The van der Waals surface area contributed by atoms with Crippen molar-refractivity contribution in [1.29, 1.82) is 5.26 Å². The van der Waals surface area contributed by atoms with Crippen molar-refractivity contribution in [2.75, 3.05) is 17.2 Å². The first-order valence-electron chi connectivity index (χ1n) is 5.48. The van der Waals surface area contributed by atoms with E-state index in [9.17, 15) is 13.2 Å². The standard InChI is InChI=1S/C11H10ClN3O3S/c12-19(17,18)7-9-3-11(16)15(6-9)10-2-1-8(4-13)5-14-10/h1-2,5,9H,3,6-7H2. The molecule has 0 radical (unpaired) electrons. The molecule has 100 valence electrons. The number of amides is 1. The third kappa shape index (κ3) is 3.43. The van der Waals surface area contributed by atoms with Crippen LogP contribution in [-0.2, 0) is 13.8 Å². The molecule has 0 aromatic carbocycles. The summed E-state index contributed by atoms with van der Waals surface area (Å²) < 4.78 is 22.0. The predicted octanol–water partition coefficient (Wildman–Crippen LogP) is 0.875. The zero-order valence-corrected chi connectivity index (χ0v) is 11.4. The number of nitriles is 1. The van der Waals surface area contributed by atoms with Crippen LogP contribution in [0, 0.1) is 17.2 Å². The van der Waals surface area contributed by atoms with E-state index in [2.05, 4.69) is 4.98 Å². The molecule has 19 heavy (non-hydrogen) atoms. The molecule has 0 saturated carbocycles. The van der Waals surface area contributed by atoms with Gasteiger partial charge in [0.25, 0.3) is 0 Å². The molecule has 6 nitrogen and oxygen atoms in total. The number of anilines is 1. The Labute approximate surface area is 115 Å². The first-order valence-corrected chi connectivity index (χ1v) is 7.96. The van der Waals surface area contributed by atoms with E-state index in [4.69, 9.17) is 15.9 Å². The molecule has 1 amide bonds. The molecule has 1 fully saturated rings. The van der Waals surface area contributed by atoms with Crippen LogP contribution in [0.1, 0.15) is 12.0 Å². The molecule has 0 spiro atoms. The lowest BCUT2D eigenvalue weighted by Gasteiger charge is -2.15. The second-order valence-electron chi connectivity index (χ2n) is 4.30. The molecular weight excluding hydrogens is 290 g/mol. The van der Waals surface area contributed by atoms with Gasteiger partial charge in [-0.1, -0.05) is 0 Å². The minimum Gasteiger partial charge on any atom is -0.296 e. The van der Waals surface area contributed by atoms with E-state index in [0.717, 1.165) is 0 Å². The average molecular weight is 300 g/mol. The molecule has 1 aliphatic heterocycles. The van der Waals surface area contributed by atoms with Gasteiger partial charge in [-0.25, -0.2) is 13.4 Å². The van der Waals surface area contributed by atoms with Crippen molar-refractivity contribution in [2.45, 2.75) is 6.42 Å². The Balaban J connectivity index is 2.13. The van der Waals surface area contributed by atoms with Crippen LogP contribution in [0.25, 0.3) is 0 Å². The summed E-state index contributed by atoms with van der Waals surface area (Å²) in [6.45, 7) is 0.268. The van der Waals surface area contributed by atoms with Crippen molar-refractivity contribution in [3.8, 4) is 6.07 Å². The highest BCUT2D eigenvalue weighted by Gasteiger charge is 2.33. The van der Waals surface area contributed by atoms with Crippen LogP contribution in [0.15, 0.2) is 18.3 Å². The Hall–Kier alpha value is -1.65. The van der Waals surface area contributed by atoms with E-state index in [1.807, 2.05) is 6.07 Å². The largest absolute Gasteiger partial charge is 0.296 e. The molecule has 1 aromatic heterocycles. The van der Waals surface area contributed by atoms with Gasteiger partial charge in [0.1, 0.15) is 11.9 Å². The maximum atomic E-state index is 11.8. The summed E-state index contributed by atoms with van der Waals surface area (Å²) in [4.78, 5) is 17.2. The number of hydrogen-bond donors (Lipinski definition) is 0. The Kier molecular flexibility index (Phi) is 3.73. The highest BCUT2D eigenvalue weighted by molar-refractivity contribution is 8.13. The molecular formula is C11H10ClN3O3S. The van der Waals surface area contributed by atoms with Gasteiger partial charge in [0.15, 0.2) is 0 Å². The number of carbonyl (C=O) groups excluding carboxylic acids is 1. The van der Waals surface area contributed by atoms with Crippen LogP contribution < -0.4 is 4.90 Å². The van der Waals surface area contributed by atoms with Crippen molar-refractivity contribution >= 4 is 31.5 Å². The van der Waals surface area contributed by atoms with Gasteiger partial charge in [-0.3, -0.25) is 9.69 Å². The summed E-state index contributed by atoms with van der Waals surface area (Å²) in [5, 5.41) is 8.66. The van der Waals surface area contributed by atoms with Crippen LogP contribution in [-0.4, -0.2) is 31.6 Å². The maximum Gasteiger partial charge on any atom is 0.232 e. The molecule has 1 aromatic rings. The molecule has 0 N–H and O–H groups in total. The number of hydrogen-bond acceptors (Lipinski definition) is 5. The topological polar surface area (TPSA) is 91.1 Å². The number of rotatable bonds is 3. The van der Waals surface area contributed by atoms with Crippen molar-refractivity contribution in [1.82, 2.24) is 4.98 Å².